The van der Waals surface area contributed by atoms with Gasteiger partial charge in [0.2, 0.25) is 0 Å². The van der Waals surface area contributed by atoms with Crippen molar-refractivity contribution in [3.63, 3.8) is 0 Å². The van der Waals surface area contributed by atoms with Gasteiger partial charge in [-0.15, -0.1) is 11.3 Å². The predicted octanol–water partition coefficient (Wildman–Crippen LogP) is 3.35. The third kappa shape index (κ3) is 4.13. The summed E-state index contributed by atoms with van der Waals surface area (Å²) < 4.78 is 5.18. The van der Waals surface area contributed by atoms with E-state index in [4.69, 9.17) is 4.74 Å². The number of likely N-dealkylation sites (tertiary alicyclic amines) is 1. The van der Waals surface area contributed by atoms with E-state index in [-0.39, 0.29) is 5.91 Å². The van der Waals surface area contributed by atoms with E-state index in [1.54, 1.807) is 7.11 Å². The largest absolute Gasteiger partial charge is 0.497 e. The fourth-order valence-electron chi connectivity index (χ4n) is 2.92. The van der Waals surface area contributed by atoms with Gasteiger partial charge in [0, 0.05) is 24.7 Å². The molecule has 1 aromatic heterocycles. The van der Waals surface area contributed by atoms with Gasteiger partial charge in [-0.3, -0.25) is 4.79 Å². The molecule has 3 rings (SSSR count). The lowest BCUT2D eigenvalue weighted by atomic mass is 10.3. The van der Waals surface area contributed by atoms with Gasteiger partial charge in [0.25, 0.3) is 5.91 Å². The molecule has 0 spiro atoms. The van der Waals surface area contributed by atoms with E-state index >= 15 is 0 Å². The number of rotatable bonds is 6. The maximum absolute atomic E-state index is 12.5. The Labute approximate surface area is 146 Å². The number of aromatic nitrogens is 1. The zero-order valence-corrected chi connectivity index (χ0v) is 15.0. The number of carbonyl (C=O) groups excluding carboxylic acids is 1. The zero-order valence-electron chi connectivity index (χ0n) is 14.2. The average molecular weight is 345 g/mol. The van der Waals surface area contributed by atoms with Crippen LogP contribution in [0, 0.1) is 6.92 Å². The first-order valence-electron chi connectivity index (χ1n) is 8.30. The average Bonchev–Trinajstić information content (AvgIpc) is 3.22. The van der Waals surface area contributed by atoms with Gasteiger partial charge in [-0.1, -0.05) is 6.07 Å². The molecule has 6 heteroatoms. The highest BCUT2D eigenvalue weighted by molar-refractivity contribution is 7.13. The van der Waals surface area contributed by atoms with Crippen LogP contribution in [0.5, 0.6) is 5.75 Å². The van der Waals surface area contributed by atoms with Crippen LogP contribution in [0.2, 0.25) is 0 Å². The summed E-state index contributed by atoms with van der Waals surface area (Å²) in [6.07, 6.45) is 3.51. The molecule has 1 amide bonds. The molecule has 2 heterocycles. The first kappa shape index (κ1) is 16.9. The van der Waals surface area contributed by atoms with Gasteiger partial charge in [0.1, 0.15) is 10.6 Å². The summed E-state index contributed by atoms with van der Waals surface area (Å²) in [5, 5.41) is 3.96. The number of hydrogen-bond acceptors (Lipinski definition) is 5. The number of anilines is 1. The van der Waals surface area contributed by atoms with Crippen LogP contribution in [-0.2, 0) is 6.42 Å². The molecule has 1 saturated heterocycles. The highest BCUT2D eigenvalue weighted by atomic mass is 32.1. The fraction of sp³-hybridized carbons (Fsp3) is 0.444. The van der Waals surface area contributed by atoms with Gasteiger partial charge in [-0.2, -0.15) is 0 Å². The van der Waals surface area contributed by atoms with Crippen molar-refractivity contribution in [1.82, 2.24) is 9.88 Å². The highest BCUT2D eigenvalue weighted by Gasteiger charge is 2.17. The van der Waals surface area contributed by atoms with E-state index < -0.39 is 0 Å². The number of methoxy groups -OCH3 is 1. The standard InChI is InChI=1S/C18H23N3O2S/c1-13-17(18(22)20-14-6-5-7-15(12-14)23-2)24-16(19-13)8-11-21-9-3-4-10-21/h5-7,12H,3-4,8-11H2,1-2H3,(H,20,22). The number of ether oxygens (including phenoxy) is 1. The van der Waals surface area contributed by atoms with Crippen LogP contribution in [0.3, 0.4) is 0 Å². The molecule has 0 aliphatic carbocycles. The lowest BCUT2D eigenvalue weighted by molar-refractivity contribution is 0.103. The maximum atomic E-state index is 12.5. The Morgan fingerprint density at radius 3 is 2.92 bits per heavy atom. The van der Waals surface area contributed by atoms with Crippen molar-refractivity contribution in [3.05, 3.63) is 39.8 Å². The molecule has 0 unspecified atom stereocenters. The maximum Gasteiger partial charge on any atom is 0.267 e. The van der Waals surface area contributed by atoms with Crippen molar-refractivity contribution in [2.75, 3.05) is 32.1 Å². The minimum atomic E-state index is -0.106. The van der Waals surface area contributed by atoms with Gasteiger partial charge in [-0.25, -0.2) is 4.98 Å². The molecule has 1 fully saturated rings. The molecular formula is C18H23N3O2S. The molecule has 5 nitrogen and oxygen atoms in total. The topological polar surface area (TPSA) is 54.5 Å². The van der Waals surface area contributed by atoms with Crippen LogP contribution in [0.25, 0.3) is 0 Å². The molecule has 0 saturated carbocycles. The Balaban J connectivity index is 1.63. The van der Waals surface area contributed by atoms with E-state index in [9.17, 15) is 4.79 Å². The van der Waals surface area contributed by atoms with Crippen molar-refractivity contribution >= 4 is 22.9 Å². The van der Waals surface area contributed by atoms with Crippen molar-refractivity contribution in [3.8, 4) is 5.75 Å². The minimum Gasteiger partial charge on any atom is -0.497 e. The lowest BCUT2D eigenvalue weighted by Gasteiger charge is -2.12. The van der Waals surface area contributed by atoms with Crippen LogP contribution < -0.4 is 10.1 Å². The molecule has 0 bridgehead atoms. The van der Waals surface area contributed by atoms with Crippen molar-refractivity contribution in [2.45, 2.75) is 26.2 Å². The number of thiazole rings is 1. The Bertz CT molecular complexity index is 708. The van der Waals surface area contributed by atoms with Gasteiger partial charge < -0.3 is 15.0 Å². The Hall–Kier alpha value is -1.92. The van der Waals surface area contributed by atoms with Gasteiger partial charge in [0.15, 0.2) is 0 Å². The van der Waals surface area contributed by atoms with Gasteiger partial charge in [-0.05, 0) is 45.0 Å². The number of carbonyl (C=O) groups is 1. The number of aryl methyl sites for hydroxylation is 1. The minimum absolute atomic E-state index is 0.106. The first-order valence-corrected chi connectivity index (χ1v) is 9.11. The smallest absolute Gasteiger partial charge is 0.267 e. The predicted molar refractivity (Wildman–Crippen MR) is 97.2 cm³/mol. The molecule has 1 aromatic carbocycles. The number of hydrogen-bond donors (Lipinski definition) is 1. The van der Waals surface area contributed by atoms with Crippen molar-refractivity contribution < 1.29 is 9.53 Å². The molecule has 2 aromatic rings. The summed E-state index contributed by atoms with van der Waals surface area (Å²) in [6, 6.07) is 7.37. The molecular weight excluding hydrogens is 322 g/mol. The second kappa shape index (κ2) is 7.77. The summed E-state index contributed by atoms with van der Waals surface area (Å²) in [6.45, 7) is 5.31. The van der Waals surface area contributed by atoms with Crippen LogP contribution in [0.15, 0.2) is 24.3 Å². The Morgan fingerprint density at radius 1 is 1.38 bits per heavy atom. The third-order valence-electron chi connectivity index (χ3n) is 4.22. The molecule has 128 valence electrons. The Morgan fingerprint density at radius 2 is 2.17 bits per heavy atom. The number of nitrogens with one attached hydrogen (secondary N) is 1. The normalized spacial score (nSPS) is 14.8. The molecule has 1 aliphatic rings. The first-order chi connectivity index (χ1) is 11.7. The third-order valence-corrected chi connectivity index (χ3v) is 5.43. The number of benzene rings is 1. The summed E-state index contributed by atoms with van der Waals surface area (Å²) in [5.74, 6) is 0.616. The zero-order chi connectivity index (χ0) is 16.9. The molecule has 1 aliphatic heterocycles. The number of nitrogens with zero attached hydrogens (tertiary/aromatic N) is 2. The van der Waals surface area contributed by atoms with Crippen LogP contribution in [-0.4, -0.2) is 42.5 Å². The molecule has 0 radical (unpaired) electrons. The number of amides is 1. The van der Waals surface area contributed by atoms with Crippen LogP contribution in [0.4, 0.5) is 5.69 Å². The Kier molecular flexibility index (Phi) is 5.48. The van der Waals surface area contributed by atoms with E-state index in [1.807, 2.05) is 31.2 Å². The van der Waals surface area contributed by atoms with Crippen molar-refractivity contribution in [2.24, 2.45) is 0 Å². The van der Waals surface area contributed by atoms with Gasteiger partial charge >= 0.3 is 0 Å². The molecule has 24 heavy (non-hydrogen) atoms. The lowest BCUT2D eigenvalue weighted by Crippen LogP contribution is -2.21. The van der Waals surface area contributed by atoms with E-state index in [0.29, 0.717) is 4.88 Å². The summed E-state index contributed by atoms with van der Waals surface area (Å²) >= 11 is 1.50. The molecule has 1 N–H and O–H groups in total. The second-order valence-corrected chi connectivity index (χ2v) is 7.09. The SMILES string of the molecule is COc1cccc(NC(=O)c2sc(CCN3CCCC3)nc2C)c1. The second-order valence-electron chi connectivity index (χ2n) is 6.01. The highest BCUT2D eigenvalue weighted by Crippen LogP contribution is 2.22. The van der Waals surface area contributed by atoms with Gasteiger partial charge in [0.05, 0.1) is 17.8 Å². The van der Waals surface area contributed by atoms with Crippen LogP contribution in [0.1, 0.15) is 33.2 Å². The van der Waals surface area contributed by atoms with E-state index in [2.05, 4.69) is 15.2 Å². The summed E-state index contributed by atoms with van der Waals surface area (Å²) in [5.41, 5.74) is 1.53. The summed E-state index contributed by atoms with van der Waals surface area (Å²) in [4.78, 5) is 20.2. The van der Waals surface area contributed by atoms with Crippen LogP contribution >= 0.6 is 11.3 Å². The fourth-order valence-corrected chi connectivity index (χ4v) is 3.87. The molecule has 0 atom stereocenters. The van der Waals surface area contributed by atoms with Crippen molar-refractivity contribution in [1.29, 1.82) is 0 Å². The monoisotopic (exact) mass is 345 g/mol. The van der Waals surface area contributed by atoms with E-state index in [1.165, 1.54) is 37.3 Å². The van der Waals surface area contributed by atoms with E-state index in [0.717, 1.165) is 35.1 Å². The quantitative estimate of drug-likeness (QED) is 0.872. The summed E-state index contributed by atoms with van der Waals surface area (Å²) in [7, 11) is 1.61.